The third kappa shape index (κ3) is 2.84. The summed E-state index contributed by atoms with van der Waals surface area (Å²) in [5.74, 6) is -2.60. The Balaban J connectivity index is 2.98. The molecule has 0 amide bonds. The molecule has 0 aliphatic heterocycles. The van der Waals surface area contributed by atoms with Crippen LogP contribution in [0.5, 0.6) is 5.75 Å². The van der Waals surface area contributed by atoms with Gasteiger partial charge in [0, 0.05) is 0 Å². The van der Waals surface area contributed by atoms with Crippen molar-refractivity contribution in [3.8, 4) is 5.75 Å². The lowest BCUT2D eigenvalue weighted by Crippen LogP contribution is -2.24. The van der Waals surface area contributed by atoms with Crippen LogP contribution in [0.3, 0.4) is 0 Å². The van der Waals surface area contributed by atoms with Crippen LogP contribution >= 0.6 is 12.2 Å². The van der Waals surface area contributed by atoms with E-state index in [2.05, 4.69) is 22.7 Å². The highest BCUT2D eigenvalue weighted by Gasteiger charge is 2.10. The van der Waals surface area contributed by atoms with Gasteiger partial charge >= 0.3 is 0 Å². The van der Waals surface area contributed by atoms with Gasteiger partial charge in [-0.15, -0.1) is 0 Å². The quantitative estimate of drug-likeness (QED) is 0.400. The molecule has 0 bridgehead atoms. The summed E-state index contributed by atoms with van der Waals surface area (Å²) < 4.78 is 26.1. The molecule has 0 unspecified atom stereocenters. The first-order valence-corrected chi connectivity index (χ1v) is 4.18. The van der Waals surface area contributed by atoms with Crippen molar-refractivity contribution in [1.29, 1.82) is 0 Å². The van der Waals surface area contributed by atoms with Crippen LogP contribution in [0.2, 0.25) is 0 Å². The molecule has 1 aromatic carbocycles. The molecule has 0 aromatic heterocycles. The summed E-state index contributed by atoms with van der Waals surface area (Å²) in [6.45, 7) is 0. The molecular formula is C8H7F2N3OS. The van der Waals surface area contributed by atoms with E-state index in [1.54, 1.807) is 0 Å². The average molecular weight is 231 g/mol. The number of hydrogen-bond acceptors (Lipinski definition) is 3. The topological polar surface area (TPSA) is 70.6 Å². The van der Waals surface area contributed by atoms with Crippen LogP contribution in [-0.2, 0) is 0 Å². The monoisotopic (exact) mass is 231 g/mol. The van der Waals surface area contributed by atoms with Gasteiger partial charge in [0.25, 0.3) is 0 Å². The molecule has 0 atom stereocenters. The average Bonchev–Trinajstić information content (AvgIpc) is 2.17. The minimum absolute atomic E-state index is 0.132. The molecule has 4 nitrogen and oxygen atoms in total. The second-order valence-corrected chi connectivity index (χ2v) is 2.97. The molecule has 0 heterocycles. The Hall–Kier alpha value is -1.76. The number of nitrogens with one attached hydrogen (secondary N) is 1. The number of hydrogen-bond donors (Lipinski definition) is 3. The number of phenolic OH excluding ortho intramolecular Hbond substituents is 1. The van der Waals surface area contributed by atoms with Crippen molar-refractivity contribution >= 4 is 23.5 Å². The number of nitrogens with two attached hydrogens (primary N) is 1. The maximum absolute atomic E-state index is 13.1. The van der Waals surface area contributed by atoms with E-state index in [1.165, 1.54) is 0 Å². The molecule has 4 N–H and O–H groups in total. The van der Waals surface area contributed by atoms with Crippen LogP contribution in [-0.4, -0.2) is 16.4 Å². The Morgan fingerprint density at radius 2 is 2.20 bits per heavy atom. The molecule has 7 heteroatoms. The summed E-state index contributed by atoms with van der Waals surface area (Å²) in [4.78, 5) is 0. The summed E-state index contributed by atoms with van der Waals surface area (Å²) in [6.07, 6.45) is 0.837. The molecule has 0 spiro atoms. The smallest absolute Gasteiger partial charge is 0.184 e. The number of thiocarbonyl (C=S) groups is 1. The Morgan fingerprint density at radius 1 is 1.53 bits per heavy atom. The van der Waals surface area contributed by atoms with E-state index in [9.17, 15) is 8.78 Å². The van der Waals surface area contributed by atoms with E-state index in [0.717, 1.165) is 18.3 Å². The maximum atomic E-state index is 13.1. The Labute approximate surface area is 89.4 Å². The second-order valence-electron chi connectivity index (χ2n) is 2.53. The van der Waals surface area contributed by atoms with Crippen molar-refractivity contribution in [3.05, 3.63) is 29.3 Å². The van der Waals surface area contributed by atoms with Crippen molar-refractivity contribution < 1.29 is 13.9 Å². The highest BCUT2D eigenvalue weighted by molar-refractivity contribution is 7.80. The van der Waals surface area contributed by atoms with Crippen LogP contribution in [0.25, 0.3) is 0 Å². The predicted octanol–water partition coefficient (Wildman–Crippen LogP) is 0.838. The Kier molecular flexibility index (Phi) is 3.51. The van der Waals surface area contributed by atoms with Gasteiger partial charge in [-0.1, -0.05) is 0 Å². The van der Waals surface area contributed by atoms with E-state index < -0.39 is 22.9 Å². The molecule has 80 valence electrons. The van der Waals surface area contributed by atoms with Gasteiger partial charge in [0.05, 0.1) is 11.8 Å². The van der Waals surface area contributed by atoms with Crippen LogP contribution in [0.4, 0.5) is 8.78 Å². The van der Waals surface area contributed by atoms with Crippen LogP contribution in [0, 0.1) is 11.6 Å². The summed E-state index contributed by atoms with van der Waals surface area (Å²) >= 11 is 4.42. The molecule has 0 radical (unpaired) electrons. The highest BCUT2D eigenvalue weighted by Crippen LogP contribution is 2.19. The van der Waals surface area contributed by atoms with E-state index in [-0.39, 0.29) is 5.11 Å². The van der Waals surface area contributed by atoms with Gasteiger partial charge in [-0.05, 0) is 24.4 Å². The van der Waals surface area contributed by atoms with E-state index in [1.807, 2.05) is 0 Å². The molecule has 0 saturated heterocycles. The van der Waals surface area contributed by atoms with E-state index >= 15 is 0 Å². The van der Waals surface area contributed by atoms with Crippen molar-refractivity contribution in [1.82, 2.24) is 5.43 Å². The highest BCUT2D eigenvalue weighted by atomic mass is 32.1. The van der Waals surface area contributed by atoms with Crippen molar-refractivity contribution in [2.45, 2.75) is 0 Å². The number of aromatic hydroxyl groups is 1. The summed E-state index contributed by atoms with van der Waals surface area (Å²) in [7, 11) is 0. The fourth-order valence-electron chi connectivity index (χ4n) is 0.837. The molecule has 0 fully saturated rings. The lowest BCUT2D eigenvalue weighted by atomic mass is 10.2. The van der Waals surface area contributed by atoms with Crippen LogP contribution in [0.1, 0.15) is 5.56 Å². The lowest BCUT2D eigenvalue weighted by Gasteiger charge is -2.01. The number of phenols is 1. The zero-order valence-corrected chi connectivity index (χ0v) is 8.18. The van der Waals surface area contributed by atoms with Gasteiger partial charge in [-0.3, -0.25) is 5.43 Å². The number of hydrazone groups is 1. The summed E-state index contributed by atoms with van der Waals surface area (Å²) in [6, 6.07) is 1.82. The molecule has 0 aliphatic carbocycles. The number of rotatable bonds is 2. The molecule has 0 aliphatic rings. The maximum Gasteiger partial charge on any atom is 0.184 e. The van der Waals surface area contributed by atoms with Gasteiger partial charge in [0.2, 0.25) is 0 Å². The van der Waals surface area contributed by atoms with Crippen molar-refractivity contribution in [3.63, 3.8) is 0 Å². The van der Waals surface area contributed by atoms with Crippen LogP contribution in [0.15, 0.2) is 17.2 Å². The predicted molar refractivity (Wildman–Crippen MR) is 55.5 cm³/mol. The summed E-state index contributed by atoms with van der Waals surface area (Å²) in [5.41, 5.74) is 6.69. The first kappa shape index (κ1) is 11.3. The largest absolute Gasteiger partial charge is 0.505 e. The fraction of sp³-hybridized carbons (Fsp3) is 0. The first-order valence-electron chi connectivity index (χ1n) is 3.78. The van der Waals surface area contributed by atoms with Gasteiger partial charge < -0.3 is 10.8 Å². The summed E-state index contributed by atoms with van der Waals surface area (Å²) in [5, 5.41) is 12.2. The molecule has 1 aromatic rings. The minimum Gasteiger partial charge on any atom is -0.505 e. The number of halogens is 2. The standard InChI is InChI=1S/C8H7F2N3OS/c9-5-1-2-6(14)7(10)4(5)3-12-13-8(11)15/h1-3,14H,(H3,11,13,15). The molecular weight excluding hydrogens is 224 g/mol. The molecule has 1 rings (SSSR count). The number of benzene rings is 1. The molecule has 15 heavy (non-hydrogen) atoms. The van der Waals surface area contributed by atoms with Gasteiger partial charge in [0.15, 0.2) is 16.7 Å². The number of nitrogens with zero attached hydrogens (tertiary/aromatic N) is 1. The second kappa shape index (κ2) is 4.65. The zero-order chi connectivity index (χ0) is 11.4. The Bertz CT molecular complexity index is 423. The zero-order valence-electron chi connectivity index (χ0n) is 7.37. The SMILES string of the molecule is NC(=S)NN=Cc1c(F)ccc(O)c1F. The fourth-order valence-corrected chi connectivity index (χ4v) is 0.889. The van der Waals surface area contributed by atoms with Gasteiger partial charge in [0.1, 0.15) is 5.82 Å². The van der Waals surface area contributed by atoms with Gasteiger partial charge in [-0.25, -0.2) is 8.78 Å². The lowest BCUT2D eigenvalue weighted by molar-refractivity contribution is 0.427. The first-order chi connectivity index (χ1) is 7.02. The van der Waals surface area contributed by atoms with E-state index in [0.29, 0.717) is 0 Å². The van der Waals surface area contributed by atoms with E-state index in [4.69, 9.17) is 10.8 Å². The van der Waals surface area contributed by atoms with Crippen molar-refractivity contribution in [2.75, 3.05) is 0 Å². The third-order valence-electron chi connectivity index (χ3n) is 1.47. The normalized spacial score (nSPS) is 10.5. The van der Waals surface area contributed by atoms with Crippen molar-refractivity contribution in [2.24, 2.45) is 10.8 Å². The van der Waals surface area contributed by atoms with Crippen LogP contribution < -0.4 is 11.2 Å². The van der Waals surface area contributed by atoms with Gasteiger partial charge in [-0.2, -0.15) is 5.10 Å². The Morgan fingerprint density at radius 3 is 2.80 bits per heavy atom. The molecule has 0 saturated carbocycles. The third-order valence-corrected chi connectivity index (χ3v) is 1.57. The minimum atomic E-state index is -1.09.